The highest BCUT2D eigenvalue weighted by Gasteiger charge is 2.32. The highest BCUT2D eigenvalue weighted by molar-refractivity contribution is 7.12. The number of hydrogen-bond donors (Lipinski definition) is 2. The predicted octanol–water partition coefficient (Wildman–Crippen LogP) is 1.84. The minimum atomic E-state index is -4.41. The lowest BCUT2D eigenvalue weighted by Gasteiger charge is -2.09. The number of carbonyl (C=O) groups excluding carboxylic acids is 1. The molecule has 3 N–H and O–H groups in total. The number of thiophene rings is 1. The van der Waals surface area contributed by atoms with Crippen molar-refractivity contribution in [1.29, 1.82) is 0 Å². The number of alkyl halides is 3. The molecule has 0 saturated heterocycles. The van der Waals surface area contributed by atoms with Crippen LogP contribution in [0, 0.1) is 0 Å². The van der Waals surface area contributed by atoms with Crippen LogP contribution in [0.1, 0.15) is 22.2 Å². The third kappa shape index (κ3) is 3.21. The quantitative estimate of drug-likeness (QED) is 0.862. The first-order valence-corrected chi connectivity index (χ1v) is 5.39. The van der Waals surface area contributed by atoms with Gasteiger partial charge in [0.05, 0.1) is 10.4 Å². The molecule has 0 radical (unpaired) electrons. The SMILES string of the molecule is CC(CN)NC(=O)c1cc(C(F)(F)F)cs1. The average molecular weight is 252 g/mol. The lowest BCUT2D eigenvalue weighted by atomic mass is 10.3. The Balaban J connectivity index is 2.75. The van der Waals surface area contributed by atoms with Gasteiger partial charge in [0.1, 0.15) is 0 Å². The normalized spacial score (nSPS) is 13.6. The second kappa shape index (κ2) is 4.84. The van der Waals surface area contributed by atoms with E-state index in [1.54, 1.807) is 6.92 Å². The van der Waals surface area contributed by atoms with Crippen LogP contribution in [0.2, 0.25) is 0 Å². The smallest absolute Gasteiger partial charge is 0.348 e. The predicted molar refractivity (Wildman–Crippen MR) is 55.3 cm³/mol. The van der Waals surface area contributed by atoms with Crippen LogP contribution in [-0.4, -0.2) is 18.5 Å². The molecular weight excluding hydrogens is 241 g/mol. The summed E-state index contributed by atoms with van der Waals surface area (Å²) in [6.07, 6.45) is -4.41. The van der Waals surface area contributed by atoms with Crippen molar-refractivity contribution < 1.29 is 18.0 Å². The van der Waals surface area contributed by atoms with E-state index in [-0.39, 0.29) is 17.5 Å². The van der Waals surface area contributed by atoms with Crippen LogP contribution in [0.3, 0.4) is 0 Å². The zero-order chi connectivity index (χ0) is 12.3. The fourth-order valence-corrected chi connectivity index (χ4v) is 1.77. The summed E-state index contributed by atoms with van der Waals surface area (Å²) in [5, 5.41) is 3.41. The monoisotopic (exact) mass is 252 g/mol. The lowest BCUT2D eigenvalue weighted by molar-refractivity contribution is -0.137. The first kappa shape index (κ1) is 13.0. The molecule has 1 heterocycles. The van der Waals surface area contributed by atoms with Gasteiger partial charge in [-0.2, -0.15) is 13.2 Å². The topological polar surface area (TPSA) is 55.1 Å². The fourth-order valence-electron chi connectivity index (χ4n) is 0.958. The van der Waals surface area contributed by atoms with Crippen LogP contribution in [-0.2, 0) is 6.18 Å². The van der Waals surface area contributed by atoms with Gasteiger partial charge in [-0.15, -0.1) is 11.3 Å². The molecule has 7 heteroatoms. The molecule has 90 valence electrons. The van der Waals surface area contributed by atoms with E-state index < -0.39 is 17.6 Å². The average Bonchev–Trinajstić information content (AvgIpc) is 2.65. The third-order valence-electron chi connectivity index (χ3n) is 1.88. The summed E-state index contributed by atoms with van der Waals surface area (Å²) in [6, 6.07) is 0.576. The fraction of sp³-hybridized carbons (Fsp3) is 0.444. The Hall–Kier alpha value is -1.08. The molecule has 0 bridgehead atoms. The zero-order valence-corrected chi connectivity index (χ0v) is 9.28. The van der Waals surface area contributed by atoms with Crippen molar-refractivity contribution in [2.24, 2.45) is 5.73 Å². The third-order valence-corrected chi connectivity index (χ3v) is 2.81. The largest absolute Gasteiger partial charge is 0.417 e. The summed E-state index contributed by atoms with van der Waals surface area (Å²) in [4.78, 5) is 11.5. The Kier molecular flexibility index (Phi) is 3.93. The van der Waals surface area contributed by atoms with Gasteiger partial charge in [0.15, 0.2) is 0 Å². The molecule has 0 aliphatic heterocycles. The molecule has 0 aliphatic rings. The standard InChI is InChI=1S/C9H11F3N2OS/c1-5(3-13)14-8(15)7-2-6(4-16-7)9(10,11)12/h2,4-5H,3,13H2,1H3,(H,14,15). The van der Waals surface area contributed by atoms with Crippen LogP contribution in [0.5, 0.6) is 0 Å². The Morgan fingerprint density at radius 2 is 2.25 bits per heavy atom. The number of amides is 1. The van der Waals surface area contributed by atoms with Gasteiger partial charge in [0.2, 0.25) is 0 Å². The minimum absolute atomic E-state index is 0.0348. The van der Waals surface area contributed by atoms with Gasteiger partial charge in [-0.3, -0.25) is 4.79 Å². The van der Waals surface area contributed by atoms with Gasteiger partial charge in [-0.05, 0) is 13.0 Å². The van der Waals surface area contributed by atoms with Crippen molar-refractivity contribution in [3.8, 4) is 0 Å². The van der Waals surface area contributed by atoms with E-state index in [0.29, 0.717) is 0 Å². The van der Waals surface area contributed by atoms with Gasteiger partial charge in [0.25, 0.3) is 5.91 Å². The van der Waals surface area contributed by atoms with E-state index in [0.717, 1.165) is 22.8 Å². The molecule has 0 spiro atoms. The molecule has 1 atom stereocenters. The van der Waals surface area contributed by atoms with Gasteiger partial charge in [-0.25, -0.2) is 0 Å². The summed E-state index contributed by atoms with van der Waals surface area (Å²) in [5.41, 5.74) is 4.48. The van der Waals surface area contributed by atoms with E-state index in [2.05, 4.69) is 5.32 Å². The van der Waals surface area contributed by atoms with Crippen LogP contribution < -0.4 is 11.1 Å². The van der Waals surface area contributed by atoms with Crippen molar-refractivity contribution in [2.75, 3.05) is 6.54 Å². The van der Waals surface area contributed by atoms with E-state index >= 15 is 0 Å². The molecule has 16 heavy (non-hydrogen) atoms. The van der Waals surface area contributed by atoms with Gasteiger partial charge >= 0.3 is 6.18 Å². The number of carbonyl (C=O) groups is 1. The molecule has 0 saturated carbocycles. The Bertz CT molecular complexity index is 375. The van der Waals surface area contributed by atoms with E-state index in [9.17, 15) is 18.0 Å². The first-order valence-electron chi connectivity index (χ1n) is 4.51. The molecular formula is C9H11F3N2OS. The lowest BCUT2D eigenvalue weighted by Crippen LogP contribution is -2.37. The van der Waals surface area contributed by atoms with Gasteiger partial charge in [-0.1, -0.05) is 0 Å². The second-order valence-electron chi connectivity index (χ2n) is 3.31. The summed E-state index contributed by atoms with van der Waals surface area (Å²) in [6.45, 7) is 1.92. The first-order chi connectivity index (χ1) is 7.34. The molecule has 0 aromatic carbocycles. The van der Waals surface area contributed by atoms with Crippen molar-refractivity contribution in [3.05, 3.63) is 21.9 Å². The molecule has 3 nitrogen and oxygen atoms in total. The summed E-state index contributed by atoms with van der Waals surface area (Å²) in [5.74, 6) is -0.529. The van der Waals surface area contributed by atoms with Gasteiger partial charge in [0, 0.05) is 18.0 Å². The molecule has 1 unspecified atom stereocenters. The Morgan fingerprint density at radius 1 is 1.62 bits per heavy atom. The van der Waals surface area contributed by atoms with Crippen molar-refractivity contribution in [3.63, 3.8) is 0 Å². The maximum absolute atomic E-state index is 12.2. The number of hydrogen-bond acceptors (Lipinski definition) is 3. The van der Waals surface area contributed by atoms with Crippen LogP contribution >= 0.6 is 11.3 Å². The van der Waals surface area contributed by atoms with Crippen molar-refractivity contribution >= 4 is 17.2 Å². The van der Waals surface area contributed by atoms with E-state index in [1.165, 1.54) is 0 Å². The highest BCUT2D eigenvalue weighted by atomic mass is 32.1. The second-order valence-corrected chi connectivity index (χ2v) is 4.22. The molecule has 0 aliphatic carbocycles. The summed E-state index contributed by atoms with van der Waals surface area (Å²) in [7, 11) is 0. The van der Waals surface area contributed by atoms with E-state index in [4.69, 9.17) is 5.73 Å². The zero-order valence-electron chi connectivity index (χ0n) is 8.47. The molecule has 1 aromatic heterocycles. The van der Waals surface area contributed by atoms with Crippen molar-refractivity contribution in [2.45, 2.75) is 19.1 Å². The number of halogens is 3. The maximum atomic E-state index is 12.2. The summed E-state index contributed by atoms with van der Waals surface area (Å²) >= 11 is 0.764. The summed E-state index contributed by atoms with van der Waals surface area (Å²) < 4.78 is 36.7. The molecule has 1 aromatic rings. The minimum Gasteiger partial charge on any atom is -0.348 e. The molecule has 1 rings (SSSR count). The van der Waals surface area contributed by atoms with Crippen molar-refractivity contribution in [1.82, 2.24) is 5.32 Å². The maximum Gasteiger partial charge on any atom is 0.417 e. The van der Waals surface area contributed by atoms with Gasteiger partial charge < -0.3 is 11.1 Å². The number of nitrogens with one attached hydrogen (secondary N) is 1. The Labute approximate surface area is 94.4 Å². The van der Waals surface area contributed by atoms with Crippen LogP contribution in [0.4, 0.5) is 13.2 Å². The van der Waals surface area contributed by atoms with E-state index in [1.807, 2.05) is 0 Å². The highest BCUT2D eigenvalue weighted by Crippen LogP contribution is 2.32. The Morgan fingerprint density at radius 3 is 2.69 bits per heavy atom. The molecule has 0 fully saturated rings. The number of rotatable bonds is 3. The van der Waals surface area contributed by atoms with Crippen LogP contribution in [0.15, 0.2) is 11.4 Å². The molecule has 1 amide bonds. The number of nitrogens with two attached hydrogens (primary N) is 1. The van der Waals surface area contributed by atoms with Crippen LogP contribution in [0.25, 0.3) is 0 Å².